The maximum Gasteiger partial charge on any atom is 0.347 e. The first kappa shape index (κ1) is 7.57. The summed E-state index contributed by atoms with van der Waals surface area (Å²) in [5.41, 5.74) is 2.81. The zero-order valence-electron chi connectivity index (χ0n) is 6.13. The number of methoxy groups -OCH3 is 2. The molecule has 0 spiro atoms. The SMILES string of the molecule is COC(=O)C1=C=C1C(=O)OC. The van der Waals surface area contributed by atoms with E-state index < -0.39 is 11.9 Å². The van der Waals surface area contributed by atoms with Crippen LogP contribution in [-0.2, 0) is 19.1 Å². The third-order valence-corrected chi connectivity index (χ3v) is 1.22. The fourth-order valence-electron chi connectivity index (χ4n) is 0.604. The van der Waals surface area contributed by atoms with Crippen LogP contribution in [0.25, 0.3) is 0 Å². The van der Waals surface area contributed by atoms with Crippen LogP contribution < -0.4 is 0 Å². The minimum atomic E-state index is -0.551. The standard InChI is InChI=1S/C7H6O4/c1-10-6(8)4-3-5(4)7(9)11-2/h1-2H3. The Labute approximate surface area is 63.1 Å². The van der Waals surface area contributed by atoms with E-state index in [0.717, 1.165) is 0 Å². The van der Waals surface area contributed by atoms with Crippen LogP contribution in [0, 0.1) is 0 Å². The van der Waals surface area contributed by atoms with Gasteiger partial charge in [-0.1, -0.05) is 5.73 Å². The molecule has 0 saturated heterocycles. The molecule has 11 heavy (non-hydrogen) atoms. The number of esters is 2. The van der Waals surface area contributed by atoms with Gasteiger partial charge in [-0.05, 0) is 0 Å². The lowest BCUT2D eigenvalue weighted by Crippen LogP contribution is -2.06. The van der Waals surface area contributed by atoms with Crippen LogP contribution in [0.1, 0.15) is 0 Å². The van der Waals surface area contributed by atoms with Crippen molar-refractivity contribution < 1.29 is 19.1 Å². The van der Waals surface area contributed by atoms with E-state index in [1.807, 2.05) is 0 Å². The topological polar surface area (TPSA) is 52.6 Å². The smallest absolute Gasteiger partial charge is 0.347 e. The molecule has 0 amide bonds. The molecule has 0 radical (unpaired) electrons. The number of hydrogen-bond donors (Lipinski definition) is 0. The zero-order valence-corrected chi connectivity index (χ0v) is 6.13. The van der Waals surface area contributed by atoms with E-state index in [-0.39, 0.29) is 11.1 Å². The summed E-state index contributed by atoms with van der Waals surface area (Å²) in [7, 11) is 2.48. The van der Waals surface area contributed by atoms with Crippen LogP contribution in [0.2, 0.25) is 0 Å². The Balaban J connectivity index is 2.47. The van der Waals surface area contributed by atoms with E-state index in [4.69, 9.17) is 0 Å². The van der Waals surface area contributed by atoms with E-state index in [9.17, 15) is 9.59 Å². The minimum absolute atomic E-state index is 0.180. The Kier molecular flexibility index (Phi) is 1.79. The molecule has 1 aliphatic carbocycles. The number of rotatable bonds is 2. The van der Waals surface area contributed by atoms with Gasteiger partial charge in [0.25, 0.3) is 0 Å². The fraction of sp³-hybridized carbons (Fsp3) is 0.286. The van der Waals surface area contributed by atoms with Gasteiger partial charge in [0.15, 0.2) is 0 Å². The second-order valence-corrected chi connectivity index (χ2v) is 1.86. The van der Waals surface area contributed by atoms with Crippen LogP contribution in [-0.4, -0.2) is 26.2 Å². The van der Waals surface area contributed by atoms with Gasteiger partial charge in [0, 0.05) is 0 Å². The highest BCUT2D eigenvalue weighted by Gasteiger charge is 2.30. The molecule has 1 aliphatic rings. The molecule has 1 rings (SSSR count). The highest BCUT2D eigenvalue weighted by Crippen LogP contribution is 2.22. The second kappa shape index (κ2) is 2.60. The van der Waals surface area contributed by atoms with E-state index in [1.165, 1.54) is 14.2 Å². The summed E-state index contributed by atoms with van der Waals surface area (Å²) in [5.74, 6) is -1.10. The normalized spacial score (nSPS) is 12.9. The van der Waals surface area contributed by atoms with Crippen molar-refractivity contribution in [3.63, 3.8) is 0 Å². The first-order chi connectivity index (χ1) is 5.20. The molecule has 0 heterocycles. The van der Waals surface area contributed by atoms with Gasteiger partial charge in [0.05, 0.1) is 14.2 Å². The second-order valence-electron chi connectivity index (χ2n) is 1.86. The van der Waals surface area contributed by atoms with Gasteiger partial charge >= 0.3 is 11.9 Å². The van der Waals surface area contributed by atoms with Crippen LogP contribution in [0.15, 0.2) is 16.9 Å². The average Bonchev–Trinajstić information content (AvgIpc) is 2.80. The van der Waals surface area contributed by atoms with E-state index in [0.29, 0.717) is 0 Å². The average molecular weight is 154 g/mol. The van der Waals surface area contributed by atoms with Gasteiger partial charge < -0.3 is 9.47 Å². The number of hydrogen-bond acceptors (Lipinski definition) is 4. The largest absolute Gasteiger partial charge is 0.465 e. The highest BCUT2D eigenvalue weighted by atomic mass is 16.5. The lowest BCUT2D eigenvalue weighted by molar-refractivity contribution is -0.138. The predicted molar refractivity (Wildman–Crippen MR) is 34.6 cm³/mol. The molecule has 58 valence electrons. The summed E-state index contributed by atoms with van der Waals surface area (Å²) in [4.78, 5) is 21.3. The number of ether oxygens (including phenoxy) is 2. The van der Waals surface area contributed by atoms with Crippen molar-refractivity contribution in [2.75, 3.05) is 14.2 Å². The molecule has 0 aromatic rings. The molecule has 0 aliphatic heterocycles. The van der Waals surface area contributed by atoms with Crippen molar-refractivity contribution in [2.24, 2.45) is 0 Å². The van der Waals surface area contributed by atoms with Crippen molar-refractivity contribution in [3.8, 4) is 0 Å². The van der Waals surface area contributed by atoms with Crippen LogP contribution in [0.4, 0.5) is 0 Å². The fourth-order valence-corrected chi connectivity index (χ4v) is 0.604. The summed E-state index contributed by atoms with van der Waals surface area (Å²) in [5, 5.41) is 0. The van der Waals surface area contributed by atoms with Gasteiger partial charge in [-0.2, -0.15) is 0 Å². The molecule has 0 fully saturated rings. The summed E-state index contributed by atoms with van der Waals surface area (Å²) in [6.45, 7) is 0. The molecule has 4 heteroatoms. The van der Waals surface area contributed by atoms with E-state index in [2.05, 4.69) is 15.2 Å². The van der Waals surface area contributed by atoms with Gasteiger partial charge in [0.1, 0.15) is 11.1 Å². The van der Waals surface area contributed by atoms with Gasteiger partial charge in [-0.15, -0.1) is 0 Å². The molecule has 4 nitrogen and oxygen atoms in total. The van der Waals surface area contributed by atoms with Crippen molar-refractivity contribution >= 4 is 11.9 Å². The molecule has 0 atom stereocenters. The summed E-state index contributed by atoms with van der Waals surface area (Å²) < 4.78 is 8.66. The van der Waals surface area contributed by atoms with Crippen molar-refractivity contribution in [1.29, 1.82) is 0 Å². The van der Waals surface area contributed by atoms with Gasteiger partial charge in [-0.25, -0.2) is 9.59 Å². The maximum absolute atomic E-state index is 10.7. The molecule has 0 aromatic heterocycles. The van der Waals surface area contributed by atoms with Crippen molar-refractivity contribution in [3.05, 3.63) is 16.9 Å². The molecular formula is C7H6O4. The van der Waals surface area contributed by atoms with E-state index in [1.54, 1.807) is 0 Å². The van der Waals surface area contributed by atoms with Gasteiger partial charge in [-0.3, -0.25) is 0 Å². The van der Waals surface area contributed by atoms with Crippen LogP contribution in [0.5, 0.6) is 0 Å². The minimum Gasteiger partial charge on any atom is -0.465 e. The first-order valence-electron chi connectivity index (χ1n) is 2.88. The predicted octanol–water partition coefficient (Wildman–Crippen LogP) is -0.202. The van der Waals surface area contributed by atoms with Gasteiger partial charge in [0.2, 0.25) is 0 Å². The third kappa shape index (κ3) is 1.30. The molecule has 0 bridgehead atoms. The van der Waals surface area contributed by atoms with Crippen LogP contribution >= 0.6 is 0 Å². The first-order valence-corrected chi connectivity index (χ1v) is 2.88. The van der Waals surface area contributed by atoms with E-state index >= 15 is 0 Å². The van der Waals surface area contributed by atoms with Crippen molar-refractivity contribution in [1.82, 2.24) is 0 Å². The Morgan fingerprint density at radius 2 is 1.45 bits per heavy atom. The molecule has 0 unspecified atom stereocenters. The lowest BCUT2D eigenvalue weighted by Gasteiger charge is -1.93. The third-order valence-electron chi connectivity index (χ3n) is 1.22. The monoisotopic (exact) mass is 154 g/mol. The number of carbonyl (C=O) groups excluding carboxylic acids is 2. The zero-order chi connectivity index (χ0) is 8.43. The lowest BCUT2D eigenvalue weighted by atomic mass is 10.3. The number of carbonyl (C=O) groups is 2. The maximum atomic E-state index is 10.7. The Bertz CT molecular complexity index is 255. The molecule has 0 saturated carbocycles. The molecular weight excluding hydrogens is 148 g/mol. The quantitative estimate of drug-likeness (QED) is 0.408. The summed E-state index contributed by atoms with van der Waals surface area (Å²) in [6.07, 6.45) is 0. The Morgan fingerprint density at radius 1 is 1.09 bits per heavy atom. The Morgan fingerprint density at radius 3 is 1.73 bits per heavy atom. The van der Waals surface area contributed by atoms with Crippen molar-refractivity contribution in [2.45, 2.75) is 0 Å². The summed E-state index contributed by atoms with van der Waals surface area (Å²) >= 11 is 0. The molecule has 0 N–H and O–H groups in total. The summed E-state index contributed by atoms with van der Waals surface area (Å²) in [6, 6.07) is 0. The highest BCUT2D eigenvalue weighted by molar-refractivity contribution is 6.12. The Hall–Kier alpha value is -1.54. The molecule has 0 aromatic carbocycles. The van der Waals surface area contributed by atoms with Crippen LogP contribution in [0.3, 0.4) is 0 Å².